The largest absolute Gasteiger partial charge is 0.279 e. The van der Waals surface area contributed by atoms with Crippen LogP contribution in [0.5, 0.6) is 0 Å². The molecule has 1 fully saturated rings. The van der Waals surface area contributed by atoms with Gasteiger partial charge in [-0.2, -0.15) is 4.31 Å². The Balaban J connectivity index is 1.79. The molecular formula is C17H22N2O4S3. The predicted molar refractivity (Wildman–Crippen MR) is 103 cm³/mol. The van der Waals surface area contributed by atoms with Gasteiger partial charge in [0.1, 0.15) is 4.21 Å². The lowest BCUT2D eigenvalue weighted by atomic mass is 9.94. The number of rotatable bonds is 5. The van der Waals surface area contributed by atoms with Crippen LogP contribution in [0, 0.1) is 11.8 Å². The maximum absolute atomic E-state index is 12.9. The first-order valence-electron chi connectivity index (χ1n) is 8.35. The molecular weight excluding hydrogens is 392 g/mol. The van der Waals surface area contributed by atoms with Gasteiger partial charge in [0, 0.05) is 18.8 Å². The average Bonchev–Trinajstić information content (AvgIpc) is 3.09. The Bertz CT molecular complexity index is 942. The van der Waals surface area contributed by atoms with Crippen LogP contribution in [0.25, 0.3) is 0 Å². The average molecular weight is 415 g/mol. The first-order valence-corrected chi connectivity index (χ1v) is 12.2. The Kier molecular flexibility index (Phi) is 5.43. The highest BCUT2D eigenvalue weighted by atomic mass is 32.2. The zero-order valence-electron chi connectivity index (χ0n) is 14.6. The maximum atomic E-state index is 12.9. The number of benzene rings is 1. The first kappa shape index (κ1) is 19.3. The standard InChI is InChI=1S/C17H22N2O4S3/c1-13-10-14(2)12-19(11-13)26(22,23)16-7-5-15(6-8-16)18-25(20,21)17-4-3-9-24-17/h3-9,13-14,18H,10-12H2,1-2H3/t13-,14+. The molecule has 3 rings (SSSR count). The van der Waals surface area contributed by atoms with Gasteiger partial charge >= 0.3 is 0 Å². The quantitative estimate of drug-likeness (QED) is 0.814. The molecule has 0 amide bonds. The van der Waals surface area contributed by atoms with Crippen LogP contribution in [0.4, 0.5) is 5.69 Å². The molecule has 0 saturated carbocycles. The van der Waals surface area contributed by atoms with E-state index in [0.717, 1.165) is 17.8 Å². The van der Waals surface area contributed by atoms with Crippen LogP contribution in [0.15, 0.2) is 50.9 Å². The third kappa shape index (κ3) is 4.11. The Hall–Kier alpha value is -1.42. The normalized spacial score (nSPS) is 22.2. The van der Waals surface area contributed by atoms with Crippen molar-refractivity contribution < 1.29 is 16.8 Å². The van der Waals surface area contributed by atoms with Crippen molar-refractivity contribution in [3.05, 3.63) is 41.8 Å². The van der Waals surface area contributed by atoms with Gasteiger partial charge in [-0.1, -0.05) is 19.9 Å². The number of nitrogens with zero attached hydrogens (tertiary/aromatic N) is 1. The monoisotopic (exact) mass is 414 g/mol. The molecule has 9 heteroatoms. The second-order valence-electron chi connectivity index (χ2n) is 6.83. The van der Waals surface area contributed by atoms with Crippen molar-refractivity contribution in [2.75, 3.05) is 17.8 Å². The Morgan fingerprint density at radius 2 is 1.62 bits per heavy atom. The fraction of sp³-hybridized carbons (Fsp3) is 0.412. The van der Waals surface area contributed by atoms with Crippen LogP contribution in [0.2, 0.25) is 0 Å². The van der Waals surface area contributed by atoms with E-state index in [9.17, 15) is 16.8 Å². The second kappa shape index (κ2) is 7.30. The zero-order valence-corrected chi connectivity index (χ0v) is 17.1. The van der Waals surface area contributed by atoms with Crippen LogP contribution in [-0.2, 0) is 20.0 Å². The Morgan fingerprint density at radius 1 is 1.00 bits per heavy atom. The Morgan fingerprint density at radius 3 is 2.15 bits per heavy atom. The summed E-state index contributed by atoms with van der Waals surface area (Å²) in [6.07, 6.45) is 1.02. The van der Waals surface area contributed by atoms with Crippen molar-refractivity contribution in [3.8, 4) is 0 Å². The number of nitrogens with one attached hydrogen (secondary N) is 1. The molecule has 0 radical (unpaired) electrons. The van der Waals surface area contributed by atoms with Crippen LogP contribution in [0.3, 0.4) is 0 Å². The van der Waals surface area contributed by atoms with Crippen LogP contribution in [-0.4, -0.2) is 34.2 Å². The molecule has 0 unspecified atom stereocenters. The van der Waals surface area contributed by atoms with Crippen molar-refractivity contribution in [2.24, 2.45) is 11.8 Å². The molecule has 2 heterocycles. The summed E-state index contributed by atoms with van der Waals surface area (Å²) < 4.78 is 54.4. The van der Waals surface area contributed by atoms with Gasteiger partial charge in [-0.3, -0.25) is 4.72 Å². The van der Waals surface area contributed by atoms with Crippen molar-refractivity contribution >= 4 is 37.1 Å². The molecule has 2 atom stereocenters. The van der Waals surface area contributed by atoms with Gasteiger partial charge in [-0.25, -0.2) is 16.8 Å². The van der Waals surface area contributed by atoms with Gasteiger partial charge in [0.2, 0.25) is 10.0 Å². The minimum atomic E-state index is -3.64. The van der Waals surface area contributed by atoms with E-state index >= 15 is 0 Å². The van der Waals surface area contributed by atoms with Gasteiger partial charge in [-0.05, 0) is 54.0 Å². The number of anilines is 1. The summed E-state index contributed by atoms with van der Waals surface area (Å²) in [5, 5.41) is 1.69. The summed E-state index contributed by atoms with van der Waals surface area (Å²) in [6, 6.07) is 9.04. The lowest BCUT2D eigenvalue weighted by Crippen LogP contribution is -2.42. The molecule has 0 spiro atoms. The van der Waals surface area contributed by atoms with E-state index < -0.39 is 20.0 Å². The van der Waals surface area contributed by atoms with Gasteiger partial charge < -0.3 is 0 Å². The molecule has 0 bridgehead atoms. The summed E-state index contributed by atoms with van der Waals surface area (Å²) >= 11 is 1.12. The third-order valence-electron chi connectivity index (χ3n) is 4.34. The molecule has 0 aliphatic carbocycles. The van der Waals surface area contributed by atoms with Crippen molar-refractivity contribution in [2.45, 2.75) is 29.4 Å². The van der Waals surface area contributed by atoms with E-state index in [1.54, 1.807) is 11.4 Å². The summed E-state index contributed by atoms with van der Waals surface area (Å²) in [5.41, 5.74) is 0.331. The molecule has 26 heavy (non-hydrogen) atoms. The van der Waals surface area contributed by atoms with Gasteiger partial charge in [0.15, 0.2) is 0 Å². The number of thiophene rings is 1. The van der Waals surface area contributed by atoms with E-state index in [-0.39, 0.29) is 9.10 Å². The fourth-order valence-electron chi connectivity index (χ4n) is 3.27. The third-order valence-corrected chi connectivity index (χ3v) is 8.96. The number of piperidine rings is 1. The lowest BCUT2D eigenvalue weighted by Gasteiger charge is -2.34. The van der Waals surface area contributed by atoms with Crippen LogP contribution < -0.4 is 4.72 Å². The topological polar surface area (TPSA) is 83.6 Å². The molecule has 2 aromatic rings. The van der Waals surface area contributed by atoms with E-state index in [2.05, 4.69) is 18.6 Å². The fourth-order valence-corrected chi connectivity index (χ4v) is 7.00. The van der Waals surface area contributed by atoms with Gasteiger partial charge in [-0.15, -0.1) is 11.3 Å². The lowest BCUT2D eigenvalue weighted by molar-refractivity contribution is 0.222. The summed E-state index contributed by atoms with van der Waals surface area (Å²) in [6.45, 7) is 5.14. The molecule has 1 aliphatic rings. The molecule has 1 aromatic carbocycles. The minimum absolute atomic E-state index is 0.179. The SMILES string of the molecule is C[C@@H]1C[C@H](C)CN(S(=O)(=O)c2ccc(NS(=O)(=O)c3cccs3)cc2)C1. The van der Waals surface area contributed by atoms with Crippen molar-refractivity contribution in [1.29, 1.82) is 0 Å². The zero-order chi connectivity index (χ0) is 18.9. The number of hydrogen-bond acceptors (Lipinski definition) is 5. The minimum Gasteiger partial charge on any atom is -0.279 e. The van der Waals surface area contributed by atoms with Crippen LogP contribution in [0.1, 0.15) is 20.3 Å². The molecule has 142 valence electrons. The maximum Gasteiger partial charge on any atom is 0.271 e. The molecule has 1 aliphatic heterocycles. The predicted octanol–water partition coefficient (Wildman–Crippen LogP) is 3.22. The number of sulfonamides is 2. The van der Waals surface area contributed by atoms with E-state index in [1.165, 1.54) is 34.6 Å². The van der Waals surface area contributed by atoms with E-state index in [4.69, 9.17) is 0 Å². The highest BCUT2D eigenvalue weighted by Crippen LogP contribution is 2.27. The highest BCUT2D eigenvalue weighted by molar-refractivity contribution is 7.94. The van der Waals surface area contributed by atoms with Crippen molar-refractivity contribution in [1.82, 2.24) is 4.31 Å². The van der Waals surface area contributed by atoms with E-state index in [1.807, 2.05) is 0 Å². The van der Waals surface area contributed by atoms with Gasteiger partial charge in [0.05, 0.1) is 4.90 Å². The van der Waals surface area contributed by atoms with Crippen LogP contribution >= 0.6 is 11.3 Å². The highest BCUT2D eigenvalue weighted by Gasteiger charge is 2.31. The smallest absolute Gasteiger partial charge is 0.271 e. The Labute approximate surface area is 159 Å². The van der Waals surface area contributed by atoms with Crippen molar-refractivity contribution in [3.63, 3.8) is 0 Å². The summed E-state index contributed by atoms with van der Waals surface area (Å²) in [5.74, 6) is 0.649. The molecule has 1 aromatic heterocycles. The number of hydrogen-bond donors (Lipinski definition) is 1. The first-order chi connectivity index (χ1) is 12.2. The summed E-state index contributed by atoms with van der Waals surface area (Å²) in [7, 11) is -7.22. The summed E-state index contributed by atoms with van der Waals surface area (Å²) in [4.78, 5) is 0.179. The molecule has 6 nitrogen and oxygen atoms in total. The molecule has 1 saturated heterocycles. The second-order valence-corrected chi connectivity index (χ2v) is 11.6. The molecule has 1 N–H and O–H groups in total. The van der Waals surface area contributed by atoms with Gasteiger partial charge in [0.25, 0.3) is 10.0 Å². The van der Waals surface area contributed by atoms with E-state index in [0.29, 0.717) is 30.6 Å².